The fourth-order valence-electron chi connectivity index (χ4n) is 1.57. The molecule has 0 saturated heterocycles. The molecule has 6 heteroatoms. The first kappa shape index (κ1) is 16.1. The van der Waals surface area contributed by atoms with E-state index in [0.717, 1.165) is 12.2 Å². The van der Waals surface area contributed by atoms with Gasteiger partial charge in [0.2, 0.25) is 0 Å². The lowest BCUT2D eigenvalue weighted by molar-refractivity contribution is -0.00221. The van der Waals surface area contributed by atoms with Gasteiger partial charge in [-0.2, -0.15) is 0 Å². The van der Waals surface area contributed by atoms with Gasteiger partial charge in [-0.05, 0) is 26.3 Å². The van der Waals surface area contributed by atoms with Gasteiger partial charge in [-0.15, -0.1) is 5.10 Å². The summed E-state index contributed by atoms with van der Waals surface area (Å²) in [5.74, 6) is 0.616. The topological polar surface area (TPSA) is 72.2 Å². The summed E-state index contributed by atoms with van der Waals surface area (Å²) in [4.78, 5) is 0. The van der Waals surface area contributed by atoms with Crippen molar-refractivity contribution in [1.82, 2.24) is 20.3 Å². The van der Waals surface area contributed by atoms with Crippen molar-refractivity contribution in [1.29, 1.82) is 0 Å². The van der Waals surface area contributed by atoms with Crippen LogP contribution >= 0.6 is 0 Å². The third-order valence-electron chi connectivity index (χ3n) is 2.46. The molecule has 19 heavy (non-hydrogen) atoms. The number of nitrogens with zero attached hydrogens (tertiary/aromatic N) is 3. The van der Waals surface area contributed by atoms with Crippen LogP contribution in [0.5, 0.6) is 0 Å². The van der Waals surface area contributed by atoms with Crippen LogP contribution in [0.1, 0.15) is 33.4 Å². The molecule has 110 valence electrons. The first-order valence-electron chi connectivity index (χ1n) is 6.86. The molecule has 1 heterocycles. The molecule has 0 fully saturated rings. The van der Waals surface area contributed by atoms with Crippen LogP contribution in [-0.2, 0) is 17.8 Å². The number of aliphatic hydroxyl groups excluding tert-OH is 1. The maximum absolute atomic E-state index is 9.78. The van der Waals surface area contributed by atoms with Crippen LogP contribution < -0.4 is 5.32 Å². The molecule has 0 bridgehead atoms. The predicted molar refractivity (Wildman–Crippen MR) is 73.7 cm³/mol. The molecule has 0 saturated carbocycles. The fourth-order valence-corrected chi connectivity index (χ4v) is 1.57. The highest BCUT2D eigenvalue weighted by Crippen LogP contribution is 1.98. The number of rotatable bonds is 9. The summed E-state index contributed by atoms with van der Waals surface area (Å²) in [5.41, 5.74) is 0.887. The van der Waals surface area contributed by atoms with Gasteiger partial charge < -0.3 is 15.2 Å². The van der Waals surface area contributed by atoms with Gasteiger partial charge in [-0.25, -0.2) is 4.68 Å². The third-order valence-corrected chi connectivity index (χ3v) is 2.46. The van der Waals surface area contributed by atoms with E-state index >= 15 is 0 Å². The molecule has 0 radical (unpaired) electrons. The van der Waals surface area contributed by atoms with E-state index in [1.54, 1.807) is 4.68 Å². The standard InChI is InChI=1S/C13H26N4O2/c1-10(2)5-14-6-12-7-17(16-15-12)8-13(18)9-19-11(3)4/h7,10-11,13-14,18H,5-6,8-9H2,1-4H3. The minimum Gasteiger partial charge on any atom is -0.389 e. The molecule has 0 amide bonds. The first-order chi connectivity index (χ1) is 8.97. The Bertz CT molecular complexity index is 352. The highest BCUT2D eigenvalue weighted by Gasteiger charge is 2.09. The largest absolute Gasteiger partial charge is 0.389 e. The Morgan fingerprint density at radius 3 is 2.74 bits per heavy atom. The lowest BCUT2D eigenvalue weighted by Gasteiger charge is -2.12. The Morgan fingerprint density at radius 2 is 2.11 bits per heavy atom. The fraction of sp³-hybridized carbons (Fsp3) is 0.846. The molecule has 0 aromatic carbocycles. The van der Waals surface area contributed by atoms with Crippen LogP contribution in [0, 0.1) is 5.92 Å². The summed E-state index contributed by atoms with van der Waals surface area (Å²) >= 11 is 0. The van der Waals surface area contributed by atoms with Gasteiger partial charge in [0.1, 0.15) is 0 Å². The summed E-state index contributed by atoms with van der Waals surface area (Å²) in [6.07, 6.45) is 1.42. The lowest BCUT2D eigenvalue weighted by atomic mass is 10.2. The highest BCUT2D eigenvalue weighted by molar-refractivity contribution is 4.91. The van der Waals surface area contributed by atoms with E-state index < -0.39 is 6.10 Å². The second kappa shape index (κ2) is 8.24. The van der Waals surface area contributed by atoms with Crippen molar-refractivity contribution in [3.8, 4) is 0 Å². The summed E-state index contributed by atoms with van der Waals surface area (Å²) in [7, 11) is 0. The van der Waals surface area contributed by atoms with E-state index in [0.29, 0.717) is 25.6 Å². The van der Waals surface area contributed by atoms with Crippen LogP contribution in [0.4, 0.5) is 0 Å². The van der Waals surface area contributed by atoms with Crippen LogP contribution in [0.2, 0.25) is 0 Å². The zero-order chi connectivity index (χ0) is 14.3. The second-order valence-corrected chi connectivity index (χ2v) is 5.49. The molecule has 6 nitrogen and oxygen atoms in total. The molecule has 2 N–H and O–H groups in total. The molecule has 0 aliphatic rings. The van der Waals surface area contributed by atoms with Crippen LogP contribution in [0.3, 0.4) is 0 Å². The van der Waals surface area contributed by atoms with E-state index in [1.165, 1.54) is 0 Å². The van der Waals surface area contributed by atoms with Crippen molar-refractivity contribution in [3.05, 3.63) is 11.9 Å². The molecule has 0 spiro atoms. The Balaban J connectivity index is 2.29. The first-order valence-corrected chi connectivity index (χ1v) is 6.86. The maximum atomic E-state index is 9.78. The molecule has 1 aromatic rings. The minimum atomic E-state index is -0.555. The van der Waals surface area contributed by atoms with Gasteiger partial charge in [-0.3, -0.25) is 0 Å². The highest BCUT2D eigenvalue weighted by atomic mass is 16.5. The Kier molecular flexibility index (Phi) is 6.97. The van der Waals surface area contributed by atoms with E-state index in [-0.39, 0.29) is 6.10 Å². The average molecular weight is 270 g/mol. The number of aliphatic hydroxyl groups is 1. The van der Waals surface area contributed by atoms with Gasteiger partial charge in [-0.1, -0.05) is 19.1 Å². The van der Waals surface area contributed by atoms with Crippen molar-refractivity contribution in [2.75, 3.05) is 13.2 Å². The van der Waals surface area contributed by atoms with Crippen molar-refractivity contribution < 1.29 is 9.84 Å². The summed E-state index contributed by atoms with van der Waals surface area (Å²) < 4.78 is 7.00. The summed E-state index contributed by atoms with van der Waals surface area (Å²) in [6, 6.07) is 0. The Labute approximate surface area is 115 Å². The number of hydrogen-bond donors (Lipinski definition) is 2. The number of aromatic nitrogens is 3. The number of ether oxygens (including phenoxy) is 1. The van der Waals surface area contributed by atoms with E-state index in [1.807, 2.05) is 20.0 Å². The summed E-state index contributed by atoms with van der Waals surface area (Å²) in [6.45, 7) is 10.6. The van der Waals surface area contributed by atoms with Crippen molar-refractivity contribution in [2.45, 2.75) is 53.0 Å². The van der Waals surface area contributed by atoms with Crippen molar-refractivity contribution in [3.63, 3.8) is 0 Å². The van der Waals surface area contributed by atoms with Crippen LogP contribution in [0.15, 0.2) is 6.20 Å². The van der Waals surface area contributed by atoms with Crippen LogP contribution in [-0.4, -0.2) is 45.5 Å². The monoisotopic (exact) mass is 270 g/mol. The van der Waals surface area contributed by atoms with E-state index in [2.05, 4.69) is 29.5 Å². The van der Waals surface area contributed by atoms with Crippen molar-refractivity contribution >= 4 is 0 Å². The Hall–Kier alpha value is -0.980. The molecule has 1 rings (SSSR count). The molecule has 1 unspecified atom stereocenters. The van der Waals surface area contributed by atoms with Gasteiger partial charge in [0.15, 0.2) is 0 Å². The van der Waals surface area contributed by atoms with Crippen LogP contribution in [0.25, 0.3) is 0 Å². The van der Waals surface area contributed by atoms with Gasteiger partial charge in [0.05, 0.1) is 31.1 Å². The normalized spacial score (nSPS) is 13.4. The lowest BCUT2D eigenvalue weighted by Crippen LogP contribution is -2.24. The molecule has 0 aliphatic heterocycles. The Morgan fingerprint density at radius 1 is 1.37 bits per heavy atom. The molecular weight excluding hydrogens is 244 g/mol. The van der Waals surface area contributed by atoms with E-state index in [9.17, 15) is 5.11 Å². The van der Waals surface area contributed by atoms with E-state index in [4.69, 9.17) is 4.74 Å². The van der Waals surface area contributed by atoms with Gasteiger partial charge in [0, 0.05) is 12.7 Å². The quantitative estimate of drug-likeness (QED) is 0.695. The number of nitrogens with one attached hydrogen (secondary N) is 1. The average Bonchev–Trinajstić information content (AvgIpc) is 2.73. The zero-order valence-electron chi connectivity index (χ0n) is 12.3. The maximum Gasteiger partial charge on any atom is 0.0969 e. The van der Waals surface area contributed by atoms with Gasteiger partial charge >= 0.3 is 0 Å². The predicted octanol–water partition coefficient (Wildman–Crippen LogP) is 0.810. The zero-order valence-corrected chi connectivity index (χ0v) is 12.3. The third kappa shape index (κ3) is 7.25. The molecular formula is C13H26N4O2. The second-order valence-electron chi connectivity index (χ2n) is 5.49. The van der Waals surface area contributed by atoms with Gasteiger partial charge in [0.25, 0.3) is 0 Å². The smallest absolute Gasteiger partial charge is 0.0969 e. The molecule has 1 atom stereocenters. The number of hydrogen-bond acceptors (Lipinski definition) is 5. The van der Waals surface area contributed by atoms with Crippen molar-refractivity contribution in [2.24, 2.45) is 5.92 Å². The minimum absolute atomic E-state index is 0.126. The summed E-state index contributed by atoms with van der Waals surface area (Å²) in [5, 5.41) is 21.1. The molecule has 0 aliphatic carbocycles. The molecule has 1 aromatic heterocycles. The SMILES string of the molecule is CC(C)CNCc1cn(CC(O)COC(C)C)nn1.